The maximum absolute atomic E-state index is 11.0. The van der Waals surface area contributed by atoms with Gasteiger partial charge in [0.1, 0.15) is 13.2 Å². The molecular weight excluding hydrogens is 192 g/mol. The second-order valence-corrected chi connectivity index (χ2v) is 2.75. The van der Waals surface area contributed by atoms with E-state index < -0.39 is 0 Å². The number of hydrogen-bond acceptors (Lipinski definition) is 4. The van der Waals surface area contributed by atoms with E-state index in [0.29, 0.717) is 10.6 Å². The van der Waals surface area contributed by atoms with E-state index in [4.69, 9.17) is 17.3 Å². The van der Waals surface area contributed by atoms with Crippen molar-refractivity contribution in [2.24, 2.45) is 0 Å². The van der Waals surface area contributed by atoms with Crippen molar-refractivity contribution in [3.63, 3.8) is 0 Å². The molecule has 0 aromatic carbocycles. The van der Waals surface area contributed by atoms with Gasteiger partial charge in [-0.1, -0.05) is 0 Å². The van der Waals surface area contributed by atoms with Crippen LogP contribution in [0.1, 0.15) is 5.82 Å². The van der Waals surface area contributed by atoms with Crippen molar-refractivity contribution in [3.8, 4) is 0 Å². The zero-order chi connectivity index (χ0) is 9.84. The van der Waals surface area contributed by atoms with Crippen LogP contribution < -0.4 is 5.32 Å². The van der Waals surface area contributed by atoms with Crippen LogP contribution in [0.4, 0.5) is 0 Å². The molecule has 72 valence electrons. The van der Waals surface area contributed by atoms with Gasteiger partial charge in [-0.2, -0.15) is 5.10 Å². The molecule has 0 saturated carbocycles. The minimum atomic E-state index is -0.246. The molecule has 0 saturated heterocycles. The van der Waals surface area contributed by atoms with Crippen LogP contribution in [0, 0.1) is 4.77 Å². The van der Waals surface area contributed by atoms with Gasteiger partial charge in [-0.3, -0.25) is 14.5 Å². The molecule has 1 amide bonds. The fraction of sp³-hybridized carbons (Fsp3) is 0.500. The number of aliphatic hydroxyl groups excluding tert-OH is 1. The predicted octanol–water partition coefficient (Wildman–Crippen LogP) is -0.821. The Morgan fingerprint density at radius 1 is 1.85 bits per heavy atom. The van der Waals surface area contributed by atoms with Gasteiger partial charge in [-0.25, -0.2) is 0 Å². The quantitative estimate of drug-likeness (QED) is 0.559. The number of aromatic amines is 1. The van der Waals surface area contributed by atoms with E-state index in [9.17, 15) is 4.79 Å². The lowest BCUT2D eigenvalue weighted by Gasteiger charge is -2.02. The summed E-state index contributed by atoms with van der Waals surface area (Å²) in [6.07, 6.45) is 0. The monoisotopic (exact) mass is 202 g/mol. The molecule has 0 spiro atoms. The SMILES string of the molecule is CNC(=O)Cn1c(CO)n[nH]c1=S. The molecule has 0 unspecified atom stereocenters. The number of nitrogens with zero attached hydrogens (tertiary/aromatic N) is 2. The number of carbonyl (C=O) groups excluding carboxylic acids is 1. The van der Waals surface area contributed by atoms with Crippen LogP contribution in [0.15, 0.2) is 0 Å². The Morgan fingerprint density at radius 2 is 2.54 bits per heavy atom. The highest BCUT2D eigenvalue weighted by molar-refractivity contribution is 7.71. The van der Waals surface area contributed by atoms with Crippen molar-refractivity contribution < 1.29 is 9.90 Å². The van der Waals surface area contributed by atoms with Gasteiger partial charge in [0.2, 0.25) is 5.91 Å². The molecule has 1 heterocycles. The molecule has 0 fully saturated rings. The van der Waals surface area contributed by atoms with Gasteiger partial charge in [0, 0.05) is 7.05 Å². The van der Waals surface area contributed by atoms with E-state index in [1.165, 1.54) is 11.6 Å². The molecule has 0 bridgehead atoms. The molecule has 6 nitrogen and oxygen atoms in total. The number of nitrogens with one attached hydrogen (secondary N) is 2. The van der Waals surface area contributed by atoms with Gasteiger partial charge in [0.15, 0.2) is 10.6 Å². The van der Waals surface area contributed by atoms with Crippen molar-refractivity contribution in [1.29, 1.82) is 0 Å². The summed E-state index contributed by atoms with van der Waals surface area (Å²) in [6, 6.07) is 0. The third-order valence-electron chi connectivity index (χ3n) is 1.56. The summed E-state index contributed by atoms with van der Waals surface area (Å²) in [6.45, 7) is -0.175. The first-order chi connectivity index (χ1) is 6.19. The summed E-state index contributed by atoms with van der Waals surface area (Å²) in [7, 11) is 1.53. The van der Waals surface area contributed by atoms with Crippen molar-refractivity contribution in [3.05, 3.63) is 10.6 Å². The fourth-order valence-corrected chi connectivity index (χ4v) is 1.07. The lowest BCUT2D eigenvalue weighted by molar-refractivity contribution is -0.121. The number of aliphatic hydroxyl groups is 1. The first kappa shape index (κ1) is 9.87. The molecule has 0 aliphatic carbocycles. The topological polar surface area (TPSA) is 82.9 Å². The number of hydrogen-bond donors (Lipinski definition) is 3. The molecule has 1 aromatic rings. The summed E-state index contributed by atoms with van der Waals surface area (Å²) < 4.78 is 1.77. The van der Waals surface area contributed by atoms with Crippen LogP contribution in [0.5, 0.6) is 0 Å². The molecular formula is C6H10N4O2S. The maximum Gasteiger partial charge on any atom is 0.239 e. The van der Waals surface area contributed by atoms with Crippen LogP contribution >= 0.6 is 12.2 Å². The first-order valence-electron chi connectivity index (χ1n) is 3.64. The van der Waals surface area contributed by atoms with Crippen molar-refractivity contribution in [2.45, 2.75) is 13.2 Å². The standard InChI is InChI=1S/C6H10N4O2S/c1-7-5(12)2-10-4(3-11)8-9-6(10)13/h11H,2-3H2,1H3,(H,7,12)(H,9,13). The Bertz CT molecular complexity index is 356. The first-order valence-corrected chi connectivity index (χ1v) is 4.05. The molecule has 1 aromatic heterocycles. The van der Waals surface area contributed by atoms with Gasteiger partial charge in [0.05, 0.1) is 0 Å². The Balaban J connectivity index is 2.92. The van der Waals surface area contributed by atoms with Gasteiger partial charge in [-0.15, -0.1) is 0 Å². The van der Waals surface area contributed by atoms with Crippen LogP contribution in [0.2, 0.25) is 0 Å². The average molecular weight is 202 g/mol. The Hall–Kier alpha value is -1.21. The van der Waals surface area contributed by atoms with Crippen LogP contribution in [-0.4, -0.2) is 32.8 Å². The van der Waals surface area contributed by atoms with Crippen LogP contribution in [0.25, 0.3) is 0 Å². The Labute approximate surface area is 79.6 Å². The van der Waals surface area contributed by atoms with Gasteiger partial charge in [-0.05, 0) is 12.2 Å². The molecule has 0 atom stereocenters. The third kappa shape index (κ3) is 2.13. The highest BCUT2D eigenvalue weighted by Crippen LogP contribution is 1.96. The van der Waals surface area contributed by atoms with Gasteiger partial charge in [0.25, 0.3) is 0 Å². The molecule has 3 N–H and O–H groups in total. The zero-order valence-corrected chi connectivity index (χ0v) is 7.89. The van der Waals surface area contributed by atoms with E-state index in [1.807, 2.05) is 0 Å². The van der Waals surface area contributed by atoms with E-state index in [0.717, 1.165) is 0 Å². The summed E-state index contributed by atoms with van der Waals surface area (Å²) in [5.74, 6) is 0.167. The largest absolute Gasteiger partial charge is 0.388 e. The zero-order valence-electron chi connectivity index (χ0n) is 7.07. The highest BCUT2D eigenvalue weighted by atomic mass is 32.1. The van der Waals surface area contributed by atoms with E-state index in [1.54, 1.807) is 0 Å². The number of rotatable bonds is 3. The fourth-order valence-electron chi connectivity index (χ4n) is 0.857. The summed E-state index contributed by atoms with van der Waals surface area (Å²) in [5, 5.41) is 17.5. The van der Waals surface area contributed by atoms with Gasteiger partial charge >= 0.3 is 0 Å². The lowest BCUT2D eigenvalue weighted by atomic mass is 10.5. The minimum Gasteiger partial charge on any atom is -0.388 e. The van der Waals surface area contributed by atoms with E-state index in [-0.39, 0.29) is 19.1 Å². The van der Waals surface area contributed by atoms with Crippen molar-refractivity contribution in [2.75, 3.05) is 7.05 Å². The summed E-state index contributed by atoms with van der Waals surface area (Å²) in [4.78, 5) is 11.0. The number of carbonyl (C=O) groups is 1. The summed E-state index contributed by atoms with van der Waals surface area (Å²) in [5.41, 5.74) is 0. The second-order valence-electron chi connectivity index (χ2n) is 2.36. The van der Waals surface area contributed by atoms with Crippen LogP contribution in [-0.2, 0) is 17.9 Å². The van der Waals surface area contributed by atoms with Crippen molar-refractivity contribution >= 4 is 18.1 Å². The second kappa shape index (κ2) is 4.15. The van der Waals surface area contributed by atoms with Crippen LogP contribution in [0.3, 0.4) is 0 Å². The third-order valence-corrected chi connectivity index (χ3v) is 1.87. The number of H-pyrrole nitrogens is 1. The minimum absolute atomic E-state index is 0.0712. The molecule has 1 rings (SSSR count). The molecule has 7 heteroatoms. The van der Waals surface area contributed by atoms with E-state index >= 15 is 0 Å². The highest BCUT2D eigenvalue weighted by Gasteiger charge is 2.07. The normalized spacial score (nSPS) is 10.0. The average Bonchev–Trinajstić information content (AvgIpc) is 2.48. The molecule has 13 heavy (non-hydrogen) atoms. The summed E-state index contributed by atoms with van der Waals surface area (Å²) >= 11 is 4.86. The number of aromatic nitrogens is 3. The lowest BCUT2D eigenvalue weighted by Crippen LogP contribution is -2.24. The Morgan fingerprint density at radius 3 is 3.08 bits per heavy atom. The number of likely N-dealkylation sites (N-methyl/N-ethyl adjacent to an activating group) is 1. The Kier molecular flexibility index (Phi) is 3.15. The molecule has 0 radical (unpaired) electrons. The molecule has 0 aliphatic heterocycles. The van der Waals surface area contributed by atoms with E-state index in [2.05, 4.69) is 15.5 Å². The van der Waals surface area contributed by atoms with Gasteiger partial charge < -0.3 is 10.4 Å². The maximum atomic E-state index is 11.0. The predicted molar refractivity (Wildman–Crippen MR) is 47.4 cm³/mol. The smallest absolute Gasteiger partial charge is 0.239 e. The number of amides is 1. The molecule has 0 aliphatic rings. The van der Waals surface area contributed by atoms with Crippen molar-refractivity contribution in [1.82, 2.24) is 20.1 Å².